The number of rotatable bonds is 4. The first-order valence-corrected chi connectivity index (χ1v) is 11.0. The molecule has 0 fully saturated rings. The van der Waals surface area contributed by atoms with Gasteiger partial charge in [-0.1, -0.05) is 18.7 Å². The molecule has 0 radical (unpaired) electrons. The average Bonchev–Trinajstić information content (AvgIpc) is 3.18. The number of pyridine rings is 2. The van der Waals surface area contributed by atoms with E-state index in [0.717, 1.165) is 27.4 Å². The summed E-state index contributed by atoms with van der Waals surface area (Å²) in [5.41, 5.74) is 2.62. The third-order valence-corrected chi connectivity index (χ3v) is 6.28. The molecule has 5 rings (SSSR count). The van der Waals surface area contributed by atoms with Gasteiger partial charge in [0.2, 0.25) is 0 Å². The summed E-state index contributed by atoms with van der Waals surface area (Å²) in [6, 6.07) is 11.0. The van der Waals surface area contributed by atoms with Crippen molar-refractivity contribution in [2.24, 2.45) is 5.73 Å². The number of aromatic nitrogens is 4. The van der Waals surface area contributed by atoms with Crippen molar-refractivity contribution in [1.29, 1.82) is 5.26 Å². The van der Waals surface area contributed by atoms with Crippen LogP contribution in [-0.4, -0.2) is 25.2 Å². The van der Waals surface area contributed by atoms with Gasteiger partial charge < -0.3 is 5.73 Å². The zero-order valence-electron chi connectivity index (χ0n) is 19.6. The summed E-state index contributed by atoms with van der Waals surface area (Å²) >= 11 is 0. The molecule has 0 unspecified atom stereocenters. The standard InChI is InChI=1S/C26H16F4N6O2/c1-12-17-4-3-5-19-21(17)18(9-20(33-19)24(32)37)25(38)36(12)22-13(2)35(34-23(22)26(28,29)30)11-15-8-16(27)7-6-14(15)10-31/h3-9H,1,11H2,2H3,(H2,32,37). The van der Waals surface area contributed by atoms with Crippen molar-refractivity contribution < 1.29 is 22.4 Å². The van der Waals surface area contributed by atoms with Crippen LogP contribution in [0, 0.1) is 24.1 Å². The van der Waals surface area contributed by atoms with Crippen molar-refractivity contribution in [2.75, 3.05) is 0 Å². The Kier molecular flexibility index (Phi) is 5.52. The molecule has 0 spiro atoms. The Bertz CT molecular complexity index is 1950. The molecule has 2 N–H and O–H groups in total. The van der Waals surface area contributed by atoms with Gasteiger partial charge in [0.25, 0.3) is 11.5 Å². The van der Waals surface area contributed by atoms with Gasteiger partial charge in [-0.05, 0) is 42.8 Å². The molecule has 38 heavy (non-hydrogen) atoms. The fraction of sp³-hybridized carbons (Fsp3) is 0.115. The minimum Gasteiger partial charge on any atom is -0.364 e. The molecule has 0 atom stereocenters. The van der Waals surface area contributed by atoms with E-state index < -0.39 is 34.8 Å². The second-order valence-electron chi connectivity index (χ2n) is 8.56. The molecule has 3 aromatic heterocycles. The van der Waals surface area contributed by atoms with Gasteiger partial charge in [0.05, 0.1) is 40.1 Å². The molecule has 0 aliphatic carbocycles. The van der Waals surface area contributed by atoms with Crippen molar-refractivity contribution >= 4 is 34.2 Å². The van der Waals surface area contributed by atoms with Crippen LogP contribution in [0.2, 0.25) is 0 Å². The number of carbonyl (C=O) groups is 1. The Morgan fingerprint density at radius 3 is 2.58 bits per heavy atom. The number of carbonyl (C=O) groups excluding carboxylic acids is 1. The van der Waals surface area contributed by atoms with Crippen molar-refractivity contribution in [1.82, 2.24) is 19.3 Å². The van der Waals surface area contributed by atoms with E-state index in [1.165, 1.54) is 13.0 Å². The number of alkyl halides is 3. The van der Waals surface area contributed by atoms with E-state index in [1.54, 1.807) is 18.2 Å². The normalized spacial score (nSPS) is 11.8. The van der Waals surface area contributed by atoms with Gasteiger partial charge in [-0.2, -0.15) is 23.5 Å². The maximum absolute atomic E-state index is 14.3. The lowest BCUT2D eigenvalue weighted by molar-refractivity contribution is -0.141. The Morgan fingerprint density at radius 1 is 1.18 bits per heavy atom. The lowest BCUT2D eigenvalue weighted by Gasteiger charge is -2.15. The lowest BCUT2D eigenvalue weighted by atomic mass is 10.0. The Labute approximate surface area is 210 Å². The second kappa shape index (κ2) is 8.52. The molecule has 0 aliphatic rings. The minimum atomic E-state index is -4.99. The first-order valence-electron chi connectivity index (χ1n) is 11.0. The number of nitriles is 1. The van der Waals surface area contributed by atoms with E-state index in [-0.39, 0.29) is 45.3 Å². The molecule has 2 aromatic carbocycles. The van der Waals surface area contributed by atoms with E-state index in [0.29, 0.717) is 10.8 Å². The fourth-order valence-electron chi connectivity index (χ4n) is 4.54. The fourth-order valence-corrected chi connectivity index (χ4v) is 4.54. The molecule has 12 heteroatoms. The molecule has 0 bridgehead atoms. The number of hydrogen-bond donors (Lipinski definition) is 1. The van der Waals surface area contributed by atoms with E-state index in [9.17, 15) is 32.4 Å². The van der Waals surface area contributed by atoms with Crippen LogP contribution < -0.4 is 16.6 Å². The third kappa shape index (κ3) is 3.76. The highest BCUT2D eigenvalue weighted by molar-refractivity contribution is 6.10. The van der Waals surface area contributed by atoms with Crippen LogP contribution in [0.4, 0.5) is 17.6 Å². The third-order valence-electron chi connectivity index (χ3n) is 6.28. The van der Waals surface area contributed by atoms with Crippen LogP contribution in [0.25, 0.3) is 33.9 Å². The van der Waals surface area contributed by atoms with E-state index in [2.05, 4.69) is 16.7 Å². The van der Waals surface area contributed by atoms with Crippen LogP contribution >= 0.6 is 0 Å². The monoisotopic (exact) mass is 520 g/mol. The summed E-state index contributed by atoms with van der Waals surface area (Å²) in [7, 11) is 0. The van der Waals surface area contributed by atoms with Crippen molar-refractivity contribution in [3.63, 3.8) is 0 Å². The van der Waals surface area contributed by atoms with E-state index >= 15 is 0 Å². The molecule has 8 nitrogen and oxygen atoms in total. The van der Waals surface area contributed by atoms with E-state index in [1.807, 2.05) is 6.07 Å². The van der Waals surface area contributed by atoms with Crippen LogP contribution in [0.5, 0.6) is 0 Å². The maximum atomic E-state index is 14.3. The largest absolute Gasteiger partial charge is 0.437 e. The molecule has 0 saturated carbocycles. The highest BCUT2D eigenvalue weighted by Crippen LogP contribution is 2.35. The summed E-state index contributed by atoms with van der Waals surface area (Å²) in [6.45, 7) is 4.84. The summed E-state index contributed by atoms with van der Waals surface area (Å²) < 4.78 is 58.4. The lowest BCUT2D eigenvalue weighted by Crippen LogP contribution is -2.34. The van der Waals surface area contributed by atoms with Gasteiger partial charge in [0, 0.05) is 10.8 Å². The highest BCUT2D eigenvalue weighted by atomic mass is 19.4. The minimum absolute atomic E-state index is 0.0571. The molecule has 190 valence electrons. The predicted octanol–water partition coefficient (Wildman–Crippen LogP) is 3.35. The number of nitrogens with zero attached hydrogens (tertiary/aromatic N) is 5. The number of halogens is 4. The molecule has 5 aromatic rings. The first kappa shape index (κ1) is 24.6. The summed E-state index contributed by atoms with van der Waals surface area (Å²) in [6.07, 6.45) is -4.99. The Balaban J connectivity index is 1.86. The molecular formula is C26H16F4N6O2. The number of nitrogens with two attached hydrogens (primary N) is 1. The SMILES string of the molecule is C=c1c2cccc3nc(C(N)=O)cc(c(=O)n1-c1c(C(F)(F)F)nn(Cc4cc(F)ccc4C#N)c1C)c32. The first-order chi connectivity index (χ1) is 17.9. The van der Waals surface area contributed by atoms with Crippen LogP contribution in [-0.2, 0) is 12.7 Å². The molecule has 3 heterocycles. The van der Waals surface area contributed by atoms with Gasteiger partial charge in [-0.15, -0.1) is 0 Å². The number of benzene rings is 2. The molecule has 1 amide bonds. The Hall–Kier alpha value is -5.05. The second-order valence-corrected chi connectivity index (χ2v) is 8.56. The van der Waals surface area contributed by atoms with Crippen molar-refractivity contribution in [3.8, 4) is 11.8 Å². The predicted molar refractivity (Wildman–Crippen MR) is 130 cm³/mol. The van der Waals surface area contributed by atoms with E-state index in [4.69, 9.17) is 5.73 Å². The topological polar surface area (TPSA) is 120 Å². The quantitative estimate of drug-likeness (QED) is 0.365. The zero-order chi connectivity index (χ0) is 27.5. The van der Waals surface area contributed by atoms with Gasteiger partial charge in [-0.3, -0.25) is 18.8 Å². The summed E-state index contributed by atoms with van der Waals surface area (Å²) in [5.74, 6) is -1.59. The van der Waals surface area contributed by atoms with Crippen molar-refractivity contribution in [2.45, 2.75) is 19.6 Å². The van der Waals surface area contributed by atoms with Crippen LogP contribution in [0.15, 0.2) is 47.3 Å². The molecular weight excluding hydrogens is 504 g/mol. The maximum Gasteiger partial charge on any atom is 0.437 e. The van der Waals surface area contributed by atoms with Gasteiger partial charge in [0.15, 0.2) is 5.69 Å². The summed E-state index contributed by atoms with van der Waals surface area (Å²) in [4.78, 5) is 29.7. The number of primary amides is 1. The molecule has 0 aliphatic heterocycles. The summed E-state index contributed by atoms with van der Waals surface area (Å²) in [5, 5.41) is 13.6. The zero-order valence-corrected chi connectivity index (χ0v) is 19.6. The van der Waals surface area contributed by atoms with Crippen molar-refractivity contribution in [3.05, 3.63) is 92.2 Å². The smallest absolute Gasteiger partial charge is 0.364 e. The Morgan fingerprint density at radius 2 is 1.92 bits per heavy atom. The number of amides is 1. The van der Waals surface area contributed by atoms with Gasteiger partial charge >= 0.3 is 6.18 Å². The van der Waals surface area contributed by atoms with Gasteiger partial charge in [0.1, 0.15) is 17.2 Å². The van der Waals surface area contributed by atoms with Gasteiger partial charge in [-0.25, -0.2) is 9.37 Å². The molecule has 0 saturated heterocycles. The average molecular weight is 520 g/mol. The van der Waals surface area contributed by atoms with Crippen LogP contribution in [0.1, 0.15) is 33.0 Å². The highest BCUT2D eigenvalue weighted by Gasteiger charge is 2.40. The number of hydrogen-bond acceptors (Lipinski definition) is 5. The van der Waals surface area contributed by atoms with Crippen LogP contribution in [0.3, 0.4) is 0 Å².